The molecule has 0 spiro atoms. The zero-order valence-electron chi connectivity index (χ0n) is 16.2. The van der Waals surface area contributed by atoms with E-state index in [1.807, 2.05) is 17.5 Å². The van der Waals surface area contributed by atoms with Gasteiger partial charge in [0.1, 0.15) is 4.83 Å². The number of nitrogens with zero attached hydrogens (tertiary/aromatic N) is 2. The summed E-state index contributed by atoms with van der Waals surface area (Å²) in [5, 5.41) is 2.64. The van der Waals surface area contributed by atoms with Crippen LogP contribution < -0.4 is 5.56 Å². The summed E-state index contributed by atoms with van der Waals surface area (Å²) in [6.07, 6.45) is 2.56. The fourth-order valence-corrected chi connectivity index (χ4v) is 4.18. The smallest absolute Gasteiger partial charge is 0.337 e. The number of fused-ring (bicyclic) bond motifs is 1. The Labute approximate surface area is 172 Å². The lowest BCUT2D eigenvalue weighted by molar-refractivity contribution is 0.0600. The average Bonchev–Trinajstić information content (AvgIpc) is 3.20. The van der Waals surface area contributed by atoms with E-state index in [4.69, 9.17) is 4.74 Å². The maximum absolute atomic E-state index is 13.2. The second kappa shape index (κ2) is 8.01. The summed E-state index contributed by atoms with van der Waals surface area (Å²) < 4.78 is 6.32. The molecule has 146 valence electrons. The number of benzene rings is 2. The molecule has 0 atom stereocenters. The van der Waals surface area contributed by atoms with Gasteiger partial charge in [-0.3, -0.25) is 9.36 Å². The van der Waals surface area contributed by atoms with E-state index in [9.17, 15) is 9.59 Å². The van der Waals surface area contributed by atoms with Crippen LogP contribution in [-0.4, -0.2) is 22.6 Å². The first-order chi connectivity index (χ1) is 14.1. The Bertz CT molecular complexity index is 1220. The van der Waals surface area contributed by atoms with Gasteiger partial charge in [0.15, 0.2) is 0 Å². The van der Waals surface area contributed by atoms with Crippen molar-refractivity contribution in [2.75, 3.05) is 7.11 Å². The van der Waals surface area contributed by atoms with Crippen LogP contribution in [-0.2, 0) is 17.7 Å². The van der Waals surface area contributed by atoms with E-state index in [0.717, 1.165) is 27.9 Å². The van der Waals surface area contributed by atoms with Crippen molar-refractivity contribution in [1.82, 2.24) is 9.55 Å². The Balaban J connectivity index is 1.70. The van der Waals surface area contributed by atoms with Crippen molar-refractivity contribution in [3.05, 3.63) is 87.3 Å². The summed E-state index contributed by atoms with van der Waals surface area (Å²) in [5.74, 6) is -0.381. The van der Waals surface area contributed by atoms with Crippen molar-refractivity contribution in [2.24, 2.45) is 0 Å². The van der Waals surface area contributed by atoms with Gasteiger partial charge in [-0.15, -0.1) is 11.3 Å². The van der Waals surface area contributed by atoms with Crippen LogP contribution in [0.1, 0.15) is 28.4 Å². The summed E-state index contributed by atoms with van der Waals surface area (Å²) in [4.78, 5) is 30.0. The summed E-state index contributed by atoms with van der Waals surface area (Å²) in [6.45, 7) is 2.50. The van der Waals surface area contributed by atoms with Crippen molar-refractivity contribution < 1.29 is 9.53 Å². The van der Waals surface area contributed by atoms with Gasteiger partial charge in [0.05, 0.1) is 30.9 Å². The number of thiophene rings is 1. The molecule has 4 aromatic rings. The van der Waals surface area contributed by atoms with E-state index < -0.39 is 0 Å². The van der Waals surface area contributed by atoms with Crippen LogP contribution in [0.15, 0.2) is 65.0 Å². The third-order valence-electron chi connectivity index (χ3n) is 4.96. The molecule has 0 amide bonds. The topological polar surface area (TPSA) is 61.2 Å². The van der Waals surface area contributed by atoms with Crippen LogP contribution in [0.25, 0.3) is 21.3 Å². The van der Waals surface area contributed by atoms with Gasteiger partial charge in [0.2, 0.25) is 0 Å². The lowest BCUT2D eigenvalue weighted by Gasteiger charge is -2.07. The second-order valence-electron chi connectivity index (χ2n) is 6.75. The lowest BCUT2D eigenvalue weighted by atomic mass is 10.0. The van der Waals surface area contributed by atoms with Crippen molar-refractivity contribution in [3.63, 3.8) is 0 Å². The number of rotatable bonds is 5. The summed E-state index contributed by atoms with van der Waals surface area (Å²) in [6, 6.07) is 15.3. The number of aryl methyl sites for hydroxylation is 1. The standard InChI is InChI=1S/C23H20N2O3S/c1-3-15-4-8-17(9-5-15)19-13-29-21-20(19)22(26)25(14-24-21)12-16-6-10-18(11-7-16)23(27)28-2/h4-11,13-14H,3,12H2,1-2H3. The fourth-order valence-electron chi connectivity index (χ4n) is 3.27. The van der Waals surface area contributed by atoms with Gasteiger partial charge >= 0.3 is 5.97 Å². The molecule has 0 saturated heterocycles. The van der Waals surface area contributed by atoms with Crippen LogP contribution in [0.5, 0.6) is 0 Å². The Morgan fingerprint density at radius 2 is 1.76 bits per heavy atom. The molecular formula is C23H20N2O3S. The molecule has 0 fully saturated rings. The molecule has 0 aliphatic rings. The molecule has 2 aromatic heterocycles. The zero-order valence-corrected chi connectivity index (χ0v) is 17.0. The minimum Gasteiger partial charge on any atom is -0.465 e. The van der Waals surface area contributed by atoms with Crippen LogP contribution >= 0.6 is 11.3 Å². The van der Waals surface area contributed by atoms with Crippen LogP contribution in [0.2, 0.25) is 0 Å². The van der Waals surface area contributed by atoms with Gasteiger partial charge in [-0.05, 0) is 35.2 Å². The largest absolute Gasteiger partial charge is 0.465 e. The number of methoxy groups -OCH3 is 1. The number of esters is 1. The highest BCUT2D eigenvalue weighted by Gasteiger charge is 2.14. The Hall–Kier alpha value is -3.25. The van der Waals surface area contributed by atoms with Gasteiger partial charge in [-0.1, -0.05) is 43.3 Å². The molecule has 4 rings (SSSR count). The number of hydrogen-bond acceptors (Lipinski definition) is 5. The highest BCUT2D eigenvalue weighted by Crippen LogP contribution is 2.30. The average molecular weight is 404 g/mol. The minimum atomic E-state index is -0.381. The van der Waals surface area contributed by atoms with Crippen molar-refractivity contribution >= 4 is 27.5 Å². The molecule has 0 N–H and O–H groups in total. The molecule has 29 heavy (non-hydrogen) atoms. The van der Waals surface area contributed by atoms with E-state index in [2.05, 4.69) is 36.2 Å². The summed E-state index contributed by atoms with van der Waals surface area (Å²) in [5.41, 5.74) is 4.52. The molecule has 0 bridgehead atoms. The number of hydrogen-bond donors (Lipinski definition) is 0. The Morgan fingerprint density at radius 1 is 1.07 bits per heavy atom. The third kappa shape index (κ3) is 3.71. The number of aromatic nitrogens is 2. The monoisotopic (exact) mass is 404 g/mol. The normalized spacial score (nSPS) is 11.0. The second-order valence-corrected chi connectivity index (χ2v) is 7.60. The van der Waals surface area contributed by atoms with Gasteiger partial charge < -0.3 is 4.74 Å². The van der Waals surface area contributed by atoms with E-state index >= 15 is 0 Å². The van der Waals surface area contributed by atoms with Gasteiger partial charge in [-0.2, -0.15) is 0 Å². The van der Waals surface area contributed by atoms with E-state index in [1.165, 1.54) is 24.0 Å². The fraction of sp³-hybridized carbons (Fsp3) is 0.174. The molecule has 0 aliphatic carbocycles. The number of ether oxygens (including phenoxy) is 1. The molecule has 2 heterocycles. The minimum absolute atomic E-state index is 0.0668. The molecule has 0 saturated carbocycles. The molecule has 2 aromatic carbocycles. The van der Waals surface area contributed by atoms with Crippen LogP contribution in [0.4, 0.5) is 0 Å². The van der Waals surface area contributed by atoms with E-state index in [1.54, 1.807) is 23.0 Å². The van der Waals surface area contributed by atoms with Gasteiger partial charge in [0, 0.05) is 10.9 Å². The molecule has 6 heteroatoms. The molecule has 0 radical (unpaired) electrons. The zero-order chi connectivity index (χ0) is 20.4. The Morgan fingerprint density at radius 3 is 2.41 bits per heavy atom. The molecular weight excluding hydrogens is 384 g/mol. The predicted octanol–water partition coefficient (Wildman–Crippen LogP) is 4.52. The maximum Gasteiger partial charge on any atom is 0.337 e. The SMILES string of the molecule is CCc1ccc(-c2csc3ncn(Cc4ccc(C(=O)OC)cc4)c(=O)c23)cc1. The maximum atomic E-state index is 13.2. The first-order valence-corrected chi connectivity index (χ1v) is 10.2. The highest BCUT2D eigenvalue weighted by atomic mass is 32.1. The van der Waals surface area contributed by atoms with E-state index in [-0.39, 0.29) is 11.5 Å². The van der Waals surface area contributed by atoms with Crippen molar-refractivity contribution in [2.45, 2.75) is 19.9 Å². The molecule has 0 unspecified atom stereocenters. The van der Waals surface area contributed by atoms with Crippen molar-refractivity contribution in [3.8, 4) is 11.1 Å². The van der Waals surface area contributed by atoms with E-state index in [0.29, 0.717) is 17.5 Å². The third-order valence-corrected chi connectivity index (χ3v) is 5.85. The lowest BCUT2D eigenvalue weighted by Crippen LogP contribution is -2.21. The molecule has 5 nitrogen and oxygen atoms in total. The van der Waals surface area contributed by atoms with Crippen LogP contribution in [0.3, 0.4) is 0 Å². The summed E-state index contributed by atoms with van der Waals surface area (Å²) >= 11 is 1.48. The van der Waals surface area contributed by atoms with Crippen molar-refractivity contribution in [1.29, 1.82) is 0 Å². The summed E-state index contributed by atoms with van der Waals surface area (Å²) in [7, 11) is 1.35. The quantitative estimate of drug-likeness (QED) is 0.459. The van der Waals surface area contributed by atoms with Gasteiger partial charge in [-0.25, -0.2) is 9.78 Å². The predicted molar refractivity (Wildman–Crippen MR) is 116 cm³/mol. The van der Waals surface area contributed by atoms with Crippen LogP contribution in [0, 0.1) is 0 Å². The number of carbonyl (C=O) groups is 1. The highest BCUT2D eigenvalue weighted by molar-refractivity contribution is 7.17. The molecule has 0 aliphatic heterocycles. The Kier molecular flexibility index (Phi) is 5.27. The van der Waals surface area contributed by atoms with Gasteiger partial charge in [0.25, 0.3) is 5.56 Å². The first kappa shape index (κ1) is 19.1. The first-order valence-electron chi connectivity index (χ1n) is 9.34. The number of carbonyl (C=O) groups excluding carboxylic acids is 1.